The third kappa shape index (κ3) is 5.50. The molecule has 1 radical (unpaired) electrons. The summed E-state index contributed by atoms with van der Waals surface area (Å²) in [6, 6.07) is 13.8. The number of morpholine rings is 1. The fourth-order valence-corrected chi connectivity index (χ4v) is 6.19. The van der Waals surface area contributed by atoms with Crippen LogP contribution in [0.1, 0.15) is 33.6 Å². The van der Waals surface area contributed by atoms with Gasteiger partial charge in [0.25, 0.3) is 10.0 Å². The van der Waals surface area contributed by atoms with Gasteiger partial charge in [0.2, 0.25) is 0 Å². The lowest BCUT2D eigenvalue weighted by Crippen LogP contribution is -2.52. The van der Waals surface area contributed by atoms with Gasteiger partial charge in [-0.3, -0.25) is 9.62 Å². The molecule has 179 valence electrons. The van der Waals surface area contributed by atoms with E-state index in [0.29, 0.717) is 30.7 Å². The van der Waals surface area contributed by atoms with Gasteiger partial charge in [0.05, 0.1) is 28.5 Å². The van der Waals surface area contributed by atoms with Gasteiger partial charge in [-0.05, 0) is 69.9 Å². The van der Waals surface area contributed by atoms with E-state index in [2.05, 4.69) is 36.5 Å². The number of benzene rings is 2. The summed E-state index contributed by atoms with van der Waals surface area (Å²) >= 11 is 0. The summed E-state index contributed by atoms with van der Waals surface area (Å²) in [5.41, 5.74) is 0.591. The monoisotopic (exact) mass is 474 g/mol. The van der Waals surface area contributed by atoms with Crippen molar-refractivity contribution in [1.29, 1.82) is 0 Å². The molecule has 2 aliphatic rings. The van der Waals surface area contributed by atoms with Crippen LogP contribution in [0.4, 0.5) is 15.8 Å². The van der Waals surface area contributed by atoms with E-state index >= 15 is 0 Å². The Morgan fingerprint density at radius 1 is 1.09 bits per heavy atom. The van der Waals surface area contributed by atoms with Gasteiger partial charge in [-0.2, -0.15) is 0 Å². The normalized spacial score (nSPS) is 23.9. The third-order valence-electron chi connectivity index (χ3n) is 6.79. The number of halogens is 1. The lowest BCUT2D eigenvalue weighted by Gasteiger charge is -2.44. The second-order valence-electron chi connectivity index (χ2n) is 9.25. The SMILES string of the molecule is CC(C1CCN(c2c(F)cccc2NS(=O)(=O)c2cc[c]cc2)CC1)N1C[C@@H](C)O[C@@H](C)C1. The number of nitrogens with zero attached hydrogens (tertiary/aromatic N) is 2. The smallest absolute Gasteiger partial charge is 0.261 e. The summed E-state index contributed by atoms with van der Waals surface area (Å²) < 4.78 is 49.1. The molecular formula is C25H33FN3O3S. The van der Waals surface area contributed by atoms with Crippen LogP contribution in [0.15, 0.2) is 47.4 Å². The Kier molecular flexibility index (Phi) is 7.26. The van der Waals surface area contributed by atoms with Crippen LogP contribution >= 0.6 is 0 Å². The Morgan fingerprint density at radius 3 is 2.36 bits per heavy atom. The van der Waals surface area contributed by atoms with Crippen molar-refractivity contribution in [2.45, 2.75) is 56.8 Å². The molecular weight excluding hydrogens is 441 g/mol. The molecule has 33 heavy (non-hydrogen) atoms. The third-order valence-corrected chi connectivity index (χ3v) is 8.17. The van der Waals surface area contributed by atoms with E-state index in [4.69, 9.17) is 4.74 Å². The highest BCUT2D eigenvalue weighted by molar-refractivity contribution is 7.92. The molecule has 2 aliphatic heterocycles. The minimum atomic E-state index is -3.82. The van der Waals surface area contributed by atoms with Crippen LogP contribution in [0.2, 0.25) is 0 Å². The fraction of sp³-hybridized carbons (Fsp3) is 0.520. The minimum Gasteiger partial charge on any atom is -0.373 e. The van der Waals surface area contributed by atoms with Gasteiger partial charge in [-0.15, -0.1) is 0 Å². The van der Waals surface area contributed by atoms with Crippen LogP contribution in [0, 0.1) is 17.8 Å². The number of ether oxygens (including phenoxy) is 1. The second-order valence-corrected chi connectivity index (χ2v) is 10.9. The summed E-state index contributed by atoms with van der Waals surface area (Å²) in [4.78, 5) is 4.61. The van der Waals surface area contributed by atoms with Crippen molar-refractivity contribution in [1.82, 2.24) is 4.90 Å². The van der Waals surface area contributed by atoms with E-state index in [1.54, 1.807) is 18.2 Å². The highest BCUT2D eigenvalue weighted by Crippen LogP contribution is 2.35. The molecule has 2 fully saturated rings. The highest BCUT2D eigenvalue weighted by Gasteiger charge is 2.33. The summed E-state index contributed by atoms with van der Waals surface area (Å²) in [6.07, 6.45) is 2.31. The first-order valence-electron chi connectivity index (χ1n) is 11.7. The lowest BCUT2D eigenvalue weighted by atomic mass is 9.88. The molecule has 1 N–H and O–H groups in total. The van der Waals surface area contributed by atoms with Gasteiger partial charge in [0.1, 0.15) is 5.82 Å². The molecule has 2 saturated heterocycles. The Hall–Kier alpha value is -2.16. The van der Waals surface area contributed by atoms with Crippen LogP contribution in [-0.2, 0) is 14.8 Å². The fourth-order valence-electron chi connectivity index (χ4n) is 5.13. The van der Waals surface area contributed by atoms with Gasteiger partial charge in [0, 0.05) is 32.2 Å². The van der Waals surface area contributed by atoms with E-state index in [1.165, 1.54) is 24.3 Å². The number of piperidine rings is 1. The molecule has 0 aliphatic carbocycles. The topological polar surface area (TPSA) is 61.9 Å². The molecule has 3 atom stereocenters. The zero-order valence-electron chi connectivity index (χ0n) is 19.5. The molecule has 2 aromatic carbocycles. The number of anilines is 2. The molecule has 1 unspecified atom stereocenters. The zero-order valence-corrected chi connectivity index (χ0v) is 20.3. The molecule has 0 aromatic heterocycles. The molecule has 6 nitrogen and oxygen atoms in total. The molecule has 0 bridgehead atoms. The average molecular weight is 475 g/mol. The second kappa shape index (κ2) is 9.99. The number of nitrogens with one attached hydrogen (secondary N) is 1. The zero-order chi connectivity index (χ0) is 23.6. The van der Waals surface area contributed by atoms with Gasteiger partial charge < -0.3 is 9.64 Å². The van der Waals surface area contributed by atoms with E-state index in [0.717, 1.165) is 25.9 Å². The van der Waals surface area contributed by atoms with Crippen molar-refractivity contribution >= 4 is 21.4 Å². The quantitative estimate of drug-likeness (QED) is 0.682. The molecule has 4 rings (SSSR count). The van der Waals surface area contributed by atoms with E-state index in [9.17, 15) is 12.8 Å². The predicted molar refractivity (Wildman–Crippen MR) is 128 cm³/mol. The van der Waals surface area contributed by atoms with Gasteiger partial charge in [-0.1, -0.05) is 18.2 Å². The Bertz CT molecular complexity index is 1030. The van der Waals surface area contributed by atoms with Crippen molar-refractivity contribution in [3.05, 3.63) is 54.3 Å². The van der Waals surface area contributed by atoms with E-state index in [1.807, 2.05) is 4.90 Å². The number of hydrogen-bond donors (Lipinski definition) is 1. The Morgan fingerprint density at radius 2 is 1.73 bits per heavy atom. The summed E-state index contributed by atoms with van der Waals surface area (Å²) in [5.74, 6) is 0.0881. The molecule has 0 spiro atoms. The molecule has 0 amide bonds. The highest BCUT2D eigenvalue weighted by atomic mass is 32.2. The maximum absolute atomic E-state index is 14.9. The summed E-state index contributed by atoms with van der Waals surface area (Å²) in [7, 11) is -3.82. The number of sulfonamides is 1. The first-order chi connectivity index (χ1) is 15.7. The predicted octanol–water partition coefficient (Wildman–Crippen LogP) is 4.14. The number of hydrogen-bond acceptors (Lipinski definition) is 5. The van der Waals surface area contributed by atoms with Crippen LogP contribution < -0.4 is 9.62 Å². The van der Waals surface area contributed by atoms with Crippen molar-refractivity contribution in [3.8, 4) is 0 Å². The molecule has 0 saturated carbocycles. The Balaban J connectivity index is 1.46. The molecule has 2 aromatic rings. The standard InChI is InChI=1S/C25H33FN3O3S/c1-18-16-29(17-19(2)32-18)20(3)21-12-14-28(15-13-21)25-23(26)10-7-11-24(25)27-33(30,31)22-8-5-4-6-9-22/h5-11,18-21,27H,12-17H2,1-3H3/t18-,19+,20?. The first kappa shape index (κ1) is 24.0. The Labute approximate surface area is 196 Å². The summed E-state index contributed by atoms with van der Waals surface area (Å²) in [5, 5.41) is 0. The van der Waals surface area contributed by atoms with Crippen LogP contribution in [0.5, 0.6) is 0 Å². The largest absolute Gasteiger partial charge is 0.373 e. The van der Waals surface area contributed by atoms with Crippen LogP contribution in [0.3, 0.4) is 0 Å². The van der Waals surface area contributed by atoms with Crippen molar-refractivity contribution in [2.24, 2.45) is 5.92 Å². The maximum atomic E-state index is 14.9. The molecule has 8 heteroatoms. The van der Waals surface area contributed by atoms with Gasteiger partial charge >= 0.3 is 0 Å². The van der Waals surface area contributed by atoms with Crippen molar-refractivity contribution in [2.75, 3.05) is 35.8 Å². The number of para-hydroxylation sites is 1. The lowest BCUT2D eigenvalue weighted by molar-refractivity contribution is -0.0857. The average Bonchev–Trinajstić information content (AvgIpc) is 2.79. The van der Waals surface area contributed by atoms with Gasteiger partial charge in [0.15, 0.2) is 0 Å². The first-order valence-corrected chi connectivity index (χ1v) is 13.1. The van der Waals surface area contributed by atoms with Gasteiger partial charge in [-0.25, -0.2) is 12.8 Å². The van der Waals surface area contributed by atoms with E-state index in [-0.39, 0.29) is 22.8 Å². The summed E-state index contributed by atoms with van der Waals surface area (Å²) in [6.45, 7) is 9.75. The molecule has 2 heterocycles. The van der Waals surface area contributed by atoms with Crippen LogP contribution in [-0.4, -0.2) is 57.7 Å². The van der Waals surface area contributed by atoms with Crippen LogP contribution in [0.25, 0.3) is 0 Å². The minimum absolute atomic E-state index is 0.123. The van der Waals surface area contributed by atoms with E-state index < -0.39 is 15.8 Å². The maximum Gasteiger partial charge on any atom is 0.261 e. The van der Waals surface area contributed by atoms with Crippen molar-refractivity contribution in [3.63, 3.8) is 0 Å². The van der Waals surface area contributed by atoms with Crippen molar-refractivity contribution < 1.29 is 17.5 Å². The number of rotatable bonds is 6.